The molecule has 4 nitrogen and oxygen atoms in total. The third-order valence-electron chi connectivity index (χ3n) is 3.37. The van der Waals surface area contributed by atoms with Crippen LogP contribution in [0.5, 0.6) is 0 Å². The summed E-state index contributed by atoms with van der Waals surface area (Å²) in [5.41, 5.74) is 0.760. The Kier molecular flexibility index (Phi) is 5.27. The van der Waals surface area contributed by atoms with Crippen molar-refractivity contribution in [1.29, 1.82) is 0 Å². The molecule has 0 fully saturated rings. The van der Waals surface area contributed by atoms with Gasteiger partial charge in [0.05, 0.1) is 18.6 Å². The van der Waals surface area contributed by atoms with Crippen LogP contribution in [0.2, 0.25) is 0 Å². The van der Waals surface area contributed by atoms with E-state index < -0.39 is 24.5 Å². The molecule has 0 spiro atoms. The summed E-state index contributed by atoms with van der Waals surface area (Å²) in [6.07, 6.45) is -1.36. The summed E-state index contributed by atoms with van der Waals surface area (Å²) in [5, 5.41) is 9.23. The summed E-state index contributed by atoms with van der Waals surface area (Å²) in [5.74, 6) is -1.16. The molecule has 2 rings (SSSR count). The summed E-state index contributed by atoms with van der Waals surface area (Å²) in [7, 11) is 0. The molecule has 21 heavy (non-hydrogen) atoms. The Morgan fingerprint density at radius 1 is 1.38 bits per heavy atom. The normalized spacial score (nSPS) is 18.9. The Labute approximate surface area is 121 Å². The molecule has 1 aliphatic heterocycles. The molecular formula is C15H17F2NO3. The van der Waals surface area contributed by atoms with Crippen molar-refractivity contribution < 1.29 is 23.4 Å². The van der Waals surface area contributed by atoms with E-state index in [1.807, 2.05) is 6.07 Å². The van der Waals surface area contributed by atoms with Gasteiger partial charge in [-0.1, -0.05) is 42.5 Å². The molecule has 1 heterocycles. The van der Waals surface area contributed by atoms with Gasteiger partial charge in [0, 0.05) is 13.1 Å². The minimum atomic E-state index is -2.64. The van der Waals surface area contributed by atoms with Crippen molar-refractivity contribution in [2.75, 3.05) is 13.2 Å². The van der Waals surface area contributed by atoms with Gasteiger partial charge in [-0.2, -0.15) is 0 Å². The summed E-state index contributed by atoms with van der Waals surface area (Å²) in [4.78, 5) is 12.3. The first kappa shape index (κ1) is 15.4. The molecule has 0 aromatic heterocycles. The molecule has 0 unspecified atom stereocenters. The standard InChI is InChI=1S/C15H17F2NO3/c16-14(17)12(13-7-4-8-21-13)10-18(15(19)20)9-11-5-2-1-3-6-11/h1-7,12-14H,8-10H2,(H,19,20)/t12-,13+/m1/s1. The highest BCUT2D eigenvalue weighted by molar-refractivity contribution is 5.65. The summed E-state index contributed by atoms with van der Waals surface area (Å²) >= 11 is 0. The maximum absolute atomic E-state index is 13.2. The second-order valence-corrected chi connectivity index (χ2v) is 4.87. The molecule has 1 aromatic rings. The Morgan fingerprint density at radius 3 is 2.62 bits per heavy atom. The Balaban J connectivity index is 2.06. The lowest BCUT2D eigenvalue weighted by Crippen LogP contribution is -2.40. The highest BCUT2D eigenvalue weighted by Gasteiger charge is 2.33. The maximum Gasteiger partial charge on any atom is 0.407 e. The van der Waals surface area contributed by atoms with E-state index in [1.54, 1.807) is 36.4 Å². The fraction of sp³-hybridized carbons (Fsp3) is 0.400. The zero-order valence-corrected chi connectivity index (χ0v) is 11.4. The van der Waals surface area contributed by atoms with Gasteiger partial charge in [0.1, 0.15) is 0 Å². The van der Waals surface area contributed by atoms with Crippen LogP contribution < -0.4 is 0 Å². The molecule has 114 valence electrons. The maximum atomic E-state index is 13.2. The van der Waals surface area contributed by atoms with Gasteiger partial charge in [0.2, 0.25) is 6.43 Å². The Morgan fingerprint density at radius 2 is 2.10 bits per heavy atom. The third-order valence-corrected chi connectivity index (χ3v) is 3.37. The van der Waals surface area contributed by atoms with Gasteiger partial charge in [0.25, 0.3) is 0 Å². The lowest BCUT2D eigenvalue weighted by Gasteiger charge is -2.27. The number of carbonyl (C=O) groups is 1. The van der Waals surface area contributed by atoms with Gasteiger partial charge < -0.3 is 14.7 Å². The van der Waals surface area contributed by atoms with Crippen LogP contribution in [0.4, 0.5) is 13.6 Å². The van der Waals surface area contributed by atoms with Crippen molar-refractivity contribution >= 4 is 6.09 Å². The lowest BCUT2D eigenvalue weighted by molar-refractivity contribution is -0.0239. The van der Waals surface area contributed by atoms with Crippen molar-refractivity contribution in [3.63, 3.8) is 0 Å². The minimum absolute atomic E-state index is 0.0792. The summed E-state index contributed by atoms with van der Waals surface area (Å²) in [6, 6.07) is 8.90. The summed E-state index contributed by atoms with van der Waals surface area (Å²) < 4.78 is 31.6. The van der Waals surface area contributed by atoms with E-state index in [4.69, 9.17) is 4.74 Å². The predicted molar refractivity (Wildman–Crippen MR) is 73.3 cm³/mol. The zero-order chi connectivity index (χ0) is 15.2. The van der Waals surface area contributed by atoms with Crippen LogP contribution in [0.15, 0.2) is 42.5 Å². The van der Waals surface area contributed by atoms with Crippen LogP contribution in [-0.2, 0) is 11.3 Å². The highest BCUT2D eigenvalue weighted by atomic mass is 19.3. The zero-order valence-electron chi connectivity index (χ0n) is 11.4. The third kappa shape index (κ3) is 4.26. The number of ether oxygens (including phenoxy) is 1. The first-order chi connectivity index (χ1) is 10.1. The molecule has 1 N–H and O–H groups in total. The van der Waals surface area contributed by atoms with Gasteiger partial charge in [0.15, 0.2) is 0 Å². The molecule has 1 aliphatic rings. The molecule has 1 amide bonds. The number of amides is 1. The average Bonchev–Trinajstić information content (AvgIpc) is 2.97. The predicted octanol–water partition coefficient (Wildman–Crippen LogP) is 3.00. The van der Waals surface area contributed by atoms with E-state index in [1.165, 1.54) is 0 Å². The first-order valence-electron chi connectivity index (χ1n) is 6.66. The molecule has 0 saturated carbocycles. The molecule has 0 radical (unpaired) electrons. The molecular weight excluding hydrogens is 280 g/mol. The average molecular weight is 297 g/mol. The number of nitrogens with zero attached hydrogens (tertiary/aromatic N) is 1. The van der Waals surface area contributed by atoms with Gasteiger partial charge >= 0.3 is 6.09 Å². The first-order valence-corrected chi connectivity index (χ1v) is 6.66. The van der Waals surface area contributed by atoms with Crippen molar-refractivity contribution in [2.45, 2.75) is 19.1 Å². The number of alkyl halides is 2. The monoisotopic (exact) mass is 297 g/mol. The fourth-order valence-electron chi connectivity index (χ4n) is 2.27. The smallest absolute Gasteiger partial charge is 0.407 e. The van der Waals surface area contributed by atoms with E-state index >= 15 is 0 Å². The number of carboxylic acid groups (broad SMARTS) is 1. The Hall–Kier alpha value is -1.95. The second-order valence-electron chi connectivity index (χ2n) is 4.87. The largest absolute Gasteiger partial charge is 0.465 e. The van der Waals surface area contributed by atoms with Crippen molar-refractivity contribution in [3.8, 4) is 0 Å². The molecule has 0 saturated heterocycles. The van der Waals surface area contributed by atoms with Gasteiger partial charge in [-0.05, 0) is 5.56 Å². The second kappa shape index (κ2) is 7.17. The van der Waals surface area contributed by atoms with Crippen LogP contribution in [0.3, 0.4) is 0 Å². The van der Waals surface area contributed by atoms with Gasteiger partial charge in [-0.3, -0.25) is 0 Å². The van der Waals surface area contributed by atoms with Crippen LogP contribution >= 0.6 is 0 Å². The molecule has 0 aliphatic carbocycles. The SMILES string of the molecule is O=C(O)N(Cc1ccccc1)C[C@@H](C(F)F)[C@@H]1C=CCO1. The van der Waals surface area contributed by atoms with Crippen LogP contribution in [0, 0.1) is 5.92 Å². The fourth-order valence-corrected chi connectivity index (χ4v) is 2.27. The number of hydrogen-bond acceptors (Lipinski definition) is 2. The highest BCUT2D eigenvalue weighted by Crippen LogP contribution is 2.23. The van der Waals surface area contributed by atoms with E-state index in [0.29, 0.717) is 6.61 Å². The summed E-state index contributed by atoms with van der Waals surface area (Å²) in [6.45, 7) is 0.104. The molecule has 6 heteroatoms. The van der Waals surface area contributed by atoms with E-state index in [9.17, 15) is 18.7 Å². The van der Waals surface area contributed by atoms with E-state index in [2.05, 4.69) is 0 Å². The lowest BCUT2D eigenvalue weighted by atomic mass is 10.0. The number of hydrogen-bond donors (Lipinski definition) is 1. The molecule has 0 bridgehead atoms. The van der Waals surface area contributed by atoms with Crippen molar-refractivity contribution in [1.82, 2.24) is 4.90 Å². The van der Waals surface area contributed by atoms with E-state index in [-0.39, 0.29) is 13.1 Å². The van der Waals surface area contributed by atoms with Crippen LogP contribution in [0.1, 0.15) is 5.56 Å². The quantitative estimate of drug-likeness (QED) is 0.821. The minimum Gasteiger partial charge on any atom is -0.465 e. The topological polar surface area (TPSA) is 49.8 Å². The van der Waals surface area contributed by atoms with Crippen LogP contribution in [0.25, 0.3) is 0 Å². The number of benzene rings is 1. The molecule has 2 atom stereocenters. The van der Waals surface area contributed by atoms with Gasteiger partial charge in [-0.25, -0.2) is 13.6 Å². The van der Waals surface area contributed by atoms with Gasteiger partial charge in [-0.15, -0.1) is 0 Å². The van der Waals surface area contributed by atoms with E-state index in [0.717, 1.165) is 10.5 Å². The number of rotatable bonds is 6. The molecule has 1 aromatic carbocycles. The van der Waals surface area contributed by atoms with Crippen molar-refractivity contribution in [3.05, 3.63) is 48.0 Å². The Bertz CT molecular complexity index is 493. The van der Waals surface area contributed by atoms with Crippen LogP contribution in [-0.4, -0.2) is 41.8 Å². The van der Waals surface area contributed by atoms with Crippen molar-refractivity contribution in [2.24, 2.45) is 5.92 Å². The number of halogens is 2.